The van der Waals surface area contributed by atoms with Crippen molar-refractivity contribution in [2.45, 2.75) is 57.8 Å². The van der Waals surface area contributed by atoms with Crippen molar-refractivity contribution in [2.24, 2.45) is 17.8 Å². The normalized spacial score (nSPS) is 30.3. The Morgan fingerprint density at radius 2 is 2.07 bits per heavy atom. The average Bonchev–Trinajstić information content (AvgIpc) is 2.93. The highest BCUT2D eigenvalue weighted by Gasteiger charge is 2.49. The van der Waals surface area contributed by atoms with E-state index in [1.54, 1.807) is 0 Å². The lowest BCUT2D eigenvalue weighted by molar-refractivity contribution is -0.162. The van der Waals surface area contributed by atoms with E-state index in [0.29, 0.717) is 19.3 Å². The van der Waals surface area contributed by atoms with Crippen LogP contribution in [0.3, 0.4) is 0 Å². The van der Waals surface area contributed by atoms with Gasteiger partial charge in [0.25, 0.3) is 0 Å². The fraction of sp³-hybridized carbons (Fsp3) is 0.667. The van der Waals surface area contributed by atoms with E-state index in [9.17, 15) is 24.6 Å². The van der Waals surface area contributed by atoms with Crippen LogP contribution in [0.25, 0.3) is 0 Å². The van der Waals surface area contributed by atoms with Crippen LogP contribution in [0.1, 0.15) is 39.5 Å². The van der Waals surface area contributed by atoms with Crippen LogP contribution < -0.4 is 0 Å². The second-order valence-corrected chi connectivity index (χ2v) is 8.00. The topological polar surface area (TPSA) is 119 Å². The first-order valence-corrected chi connectivity index (χ1v) is 9.86. The van der Waals surface area contributed by atoms with Crippen molar-refractivity contribution in [3.8, 4) is 0 Å². The molecule has 5 unspecified atom stereocenters. The molecule has 29 heavy (non-hydrogen) atoms. The molecule has 0 aromatic rings. The molecule has 0 aromatic carbocycles. The SMILES string of the molecule is C=C1C(=O)OC2CC(CO)CCC=C(C(=O)OC)C(O)C(OC(=O)CC(C)C)C12. The molecule has 0 amide bonds. The van der Waals surface area contributed by atoms with Crippen LogP contribution in [0.5, 0.6) is 0 Å². The number of esters is 3. The molecule has 1 aliphatic carbocycles. The molecule has 8 nitrogen and oxygen atoms in total. The van der Waals surface area contributed by atoms with Crippen LogP contribution in [-0.2, 0) is 28.6 Å². The number of fused-ring (bicyclic) bond motifs is 1. The van der Waals surface area contributed by atoms with Crippen molar-refractivity contribution in [3.05, 3.63) is 23.8 Å². The first-order valence-electron chi connectivity index (χ1n) is 9.86. The van der Waals surface area contributed by atoms with Crippen molar-refractivity contribution in [1.82, 2.24) is 0 Å². The molecule has 1 aliphatic heterocycles. The molecule has 0 saturated carbocycles. The van der Waals surface area contributed by atoms with Crippen molar-refractivity contribution in [2.75, 3.05) is 13.7 Å². The summed E-state index contributed by atoms with van der Waals surface area (Å²) in [5.74, 6) is -2.97. The molecule has 1 fully saturated rings. The van der Waals surface area contributed by atoms with Gasteiger partial charge in [0.2, 0.25) is 0 Å². The highest BCUT2D eigenvalue weighted by atomic mass is 16.6. The first-order chi connectivity index (χ1) is 13.7. The van der Waals surface area contributed by atoms with Crippen LogP contribution in [0.4, 0.5) is 0 Å². The zero-order valence-electron chi connectivity index (χ0n) is 17.1. The standard InChI is InChI=1S/C21H30O8/c1-11(2)8-16(23)29-19-17-12(3)20(25)28-15(17)9-13(10-22)6-5-7-14(18(19)24)21(26)27-4/h7,11,13,15,17-19,22,24H,3,5-6,8-10H2,1-2,4H3. The molecule has 0 spiro atoms. The molecule has 162 valence electrons. The van der Waals surface area contributed by atoms with Gasteiger partial charge in [0.05, 0.1) is 18.6 Å². The van der Waals surface area contributed by atoms with E-state index in [-0.39, 0.29) is 36.0 Å². The highest BCUT2D eigenvalue weighted by Crippen LogP contribution is 2.38. The third-order valence-electron chi connectivity index (χ3n) is 5.33. The van der Waals surface area contributed by atoms with Crippen LogP contribution in [-0.4, -0.2) is 60.1 Å². The molecular formula is C21H30O8. The summed E-state index contributed by atoms with van der Waals surface area (Å²) in [6.07, 6.45) is -0.591. The van der Waals surface area contributed by atoms with Crippen LogP contribution in [0.15, 0.2) is 23.8 Å². The number of aliphatic hydroxyl groups is 2. The summed E-state index contributed by atoms with van der Waals surface area (Å²) in [5, 5.41) is 20.7. The van der Waals surface area contributed by atoms with Gasteiger partial charge in [0.1, 0.15) is 18.3 Å². The predicted octanol–water partition coefficient (Wildman–Crippen LogP) is 1.29. The van der Waals surface area contributed by atoms with Gasteiger partial charge in [-0.2, -0.15) is 0 Å². The molecule has 0 radical (unpaired) electrons. The largest absolute Gasteiger partial charge is 0.466 e. The van der Waals surface area contributed by atoms with Gasteiger partial charge in [0.15, 0.2) is 0 Å². The molecule has 8 heteroatoms. The highest BCUT2D eigenvalue weighted by molar-refractivity contribution is 5.92. The van der Waals surface area contributed by atoms with E-state index < -0.39 is 42.1 Å². The summed E-state index contributed by atoms with van der Waals surface area (Å²) in [5.41, 5.74) is 0.0113. The van der Waals surface area contributed by atoms with Gasteiger partial charge in [0, 0.05) is 18.6 Å². The van der Waals surface area contributed by atoms with E-state index in [1.165, 1.54) is 13.2 Å². The number of allylic oxidation sites excluding steroid dienone is 1. The monoisotopic (exact) mass is 410 g/mol. The molecule has 0 bridgehead atoms. The van der Waals surface area contributed by atoms with Crippen LogP contribution in [0, 0.1) is 17.8 Å². The molecular weight excluding hydrogens is 380 g/mol. The third kappa shape index (κ3) is 5.45. The lowest BCUT2D eigenvalue weighted by Crippen LogP contribution is -2.45. The van der Waals surface area contributed by atoms with Gasteiger partial charge in [-0.1, -0.05) is 26.5 Å². The second kappa shape index (κ2) is 10.0. The van der Waals surface area contributed by atoms with Gasteiger partial charge < -0.3 is 24.4 Å². The Morgan fingerprint density at radius 3 is 2.66 bits per heavy atom. The van der Waals surface area contributed by atoms with E-state index in [1.807, 2.05) is 13.8 Å². The maximum Gasteiger partial charge on any atom is 0.336 e. The molecule has 1 heterocycles. The Morgan fingerprint density at radius 1 is 1.38 bits per heavy atom. The van der Waals surface area contributed by atoms with E-state index in [4.69, 9.17) is 14.2 Å². The van der Waals surface area contributed by atoms with Gasteiger partial charge in [-0.25, -0.2) is 9.59 Å². The number of carbonyl (C=O) groups is 3. The maximum atomic E-state index is 12.4. The average molecular weight is 410 g/mol. The Labute approximate surface area is 170 Å². The molecule has 5 atom stereocenters. The minimum atomic E-state index is -1.51. The van der Waals surface area contributed by atoms with Crippen molar-refractivity contribution in [3.63, 3.8) is 0 Å². The number of carbonyl (C=O) groups excluding carboxylic acids is 3. The van der Waals surface area contributed by atoms with Crippen molar-refractivity contribution in [1.29, 1.82) is 0 Å². The summed E-state index contributed by atoms with van der Waals surface area (Å²) in [6, 6.07) is 0. The van der Waals surface area contributed by atoms with Crippen LogP contribution >= 0.6 is 0 Å². The zero-order chi connectivity index (χ0) is 21.7. The van der Waals surface area contributed by atoms with Crippen LogP contribution in [0.2, 0.25) is 0 Å². The predicted molar refractivity (Wildman–Crippen MR) is 102 cm³/mol. The Hall–Kier alpha value is -2.19. The lowest BCUT2D eigenvalue weighted by Gasteiger charge is -2.33. The first kappa shape index (κ1) is 23.1. The van der Waals surface area contributed by atoms with E-state index in [0.717, 1.165) is 0 Å². The van der Waals surface area contributed by atoms with Gasteiger partial charge in [-0.05, 0) is 31.1 Å². The number of rotatable bonds is 5. The van der Waals surface area contributed by atoms with E-state index >= 15 is 0 Å². The molecule has 0 aromatic heterocycles. The second-order valence-electron chi connectivity index (χ2n) is 8.00. The fourth-order valence-corrected chi connectivity index (χ4v) is 3.83. The summed E-state index contributed by atoms with van der Waals surface area (Å²) in [7, 11) is 1.19. The van der Waals surface area contributed by atoms with Gasteiger partial charge in [-0.15, -0.1) is 0 Å². The quantitative estimate of drug-likeness (QED) is 0.395. The fourth-order valence-electron chi connectivity index (χ4n) is 3.83. The maximum absolute atomic E-state index is 12.4. The third-order valence-corrected chi connectivity index (χ3v) is 5.33. The summed E-state index contributed by atoms with van der Waals surface area (Å²) in [6.45, 7) is 7.33. The summed E-state index contributed by atoms with van der Waals surface area (Å²) < 4.78 is 15.8. The smallest absolute Gasteiger partial charge is 0.336 e. The molecule has 2 N–H and O–H groups in total. The summed E-state index contributed by atoms with van der Waals surface area (Å²) in [4.78, 5) is 36.9. The minimum Gasteiger partial charge on any atom is -0.466 e. The number of aliphatic hydroxyl groups excluding tert-OH is 2. The zero-order valence-corrected chi connectivity index (χ0v) is 17.1. The van der Waals surface area contributed by atoms with Gasteiger partial charge in [-0.3, -0.25) is 4.79 Å². The molecule has 1 saturated heterocycles. The Kier molecular flexibility index (Phi) is 7.98. The molecule has 2 rings (SSSR count). The van der Waals surface area contributed by atoms with Crippen molar-refractivity contribution >= 4 is 17.9 Å². The van der Waals surface area contributed by atoms with Crippen molar-refractivity contribution < 1.29 is 38.8 Å². The Bertz CT molecular complexity index is 680. The lowest BCUT2D eigenvalue weighted by atomic mass is 9.80. The summed E-state index contributed by atoms with van der Waals surface area (Å²) >= 11 is 0. The number of ether oxygens (including phenoxy) is 3. The molecule has 2 aliphatic rings. The minimum absolute atomic E-state index is 0.0222. The number of hydrogen-bond acceptors (Lipinski definition) is 8. The number of methoxy groups -OCH3 is 1. The van der Waals surface area contributed by atoms with E-state index in [2.05, 4.69) is 6.58 Å². The Balaban J connectivity index is 2.48. The number of hydrogen-bond donors (Lipinski definition) is 2. The van der Waals surface area contributed by atoms with Gasteiger partial charge >= 0.3 is 17.9 Å².